The fourth-order valence-electron chi connectivity index (χ4n) is 3.81. The summed E-state index contributed by atoms with van der Waals surface area (Å²) in [5.41, 5.74) is 4.33. The smallest absolute Gasteiger partial charge is 0.246 e. The van der Waals surface area contributed by atoms with Crippen molar-refractivity contribution in [3.8, 4) is 11.5 Å². The number of rotatable bonds is 7. The summed E-state index contributed by atoms with van der Waals surface area (Å²) in [5, 5.41) is 0. The van der Waals surface area contributed by atoms with Gasteiger partial charge in [0.15, 0.2) is 0 Å². The summed E-state index contributed by atoms with van der Waals surface area (Å²) in [6, 6.07) is 17.9. The molecule has 1 fully saturated rings. The highest BCUT2D eigenvalue weighted by Gasteiger charge is 2.23. The van der Waals surface area contributed by atoms with Crippen LogP contribution in [0.2, 0.25) is 0 Å². The lowest BCUT2D eigenvalue weighted by molar-refractivity contribution is -0.127. The molecule has 170 valence electrons. The highest BCUT2D eigenvalue weighted by Crippen LogP contribution is 2.24. The lowest BCUT2D eigenvalue weighted by Crippen LogP contribution is -2.41. The number of ether oxygens (including phenoxy) is 2. The second-order valence-corrected chi connectivity index (χ2v) is 8.46. The molecule has 5 heteroatoms. The van der Waals surface area contributed by atoms with Gasteiger partial charge in [0, 0.05) is 50.0 Å². The number of carbonyl (C=O) groups is 1. The van der Waals surface area contributed by atoms with Gasteiger partial charge in [-0.3, -0.25) is 9.78 Å². The van der Waals surface area contributed by atoms with Crippen molar-refractivity contribution in [1.29, 1.82) is 0 Å². The molecule has 33 heavy (non-hydrogen) atoms. The van der Waals surface area contributed by atoms with E-state index in [0.29, 0.717) is 19.7 Å². The number of nitrogens with zero attached hydrogens (tertiary/aromatic N) is 2. The number of aryl methyl sites for hydroxylation is 2. The fraction of sp³-hybridized carbons (Fsp3) is 0.286. The third kappa shape index (κ3) is 6.45. The molecule has 2 heterocycles. The van der Waals surface area contributed by atoms with Gasteiger partial charge in [0.2, 0.25) is 5.91 Å². The van der Waals surface area contributed by atoms with Crippen molar-refractivity contribution in [3.63, 3.8) is 0 Å². The highest BCUT2D eigenvalue weighted by molar-refractivity contribution is 5.91. The van der Waals surface area contributed by atoms with Crippen LogP contribution in [0, 0.1) is 13.8 Å². The molecule has 0 N–H and O–H groups in total. The molecule has 1 saturated heterocycles. The molecule has 1 aromatic heterocycles. The van der Waals surface area contributed by atoms with E-state index in [1.54, 1.807) is 18.5 Å². The summed E-state index contributed by atoms with van der Waals surface area (Å²) in [5.74, 6) is 1.78. The third-order valence-corrected chi connectivity index (χ3v) is 5.82. The molecule has 0 atom stereocenters. The SMILES string of the molecule is Cc1ccc(C)c(OC2CCN(C(=O)C=Cc3ccc(OCc4cccnc4)cc3)CC2)c1. The zero-order valence-electron chi connectivity index (χ0n) is 19.2. The third-order valence-electron chi connectivity index (χ3n) is 5.82. The van der Waals surface area contributed by atoms with Crippen molar-refractivity contribution < 1.29 is 14.3 Å². The lowest BCUT2D eigenvalue weighted by atomic mass is 10.1. The Balaban J connectivity index is 1.24. The van der Waals surface area contributed by atoms with Crippen molar-refractivity contribution in [1.82, 2.24) is 9.88 Å². The van der Waals surface area contributed by atoms with E-state index < -0.39 is 0 Å². The van der Waals surface area contributed by atoms with Gasteiger partial charge in [-0.1, -0.05) is 30.3 Å². The van der Waals surface area contributed by atoms with Crippen molar-refractivity contribution in [3.05, 3.63) is 95.3 Å². The van der Waals surface area contributed by atoms with Crippen LogP contribution in [-0.4, -0.2) is 35.0 Å². The number of aromatic nitrogens is 1. The summed E-state index contributed by atoms with van der Waals surface area (Å²) in [7, 11) is 0. The zero-order chi connectivity index (χ0) is 23.0. The number of hydrogen-bond acceptors (Lipinski definition) is 4. The van der Waals surface area contributed by atoms with Crippen LogP contribution in [0.15, 0.2) is 73.1 Å². The molecule has 0 bridgehead atoms. The van der Waals surface area contributed by atoms with E-state index in [-0.39, 0.29) is 12.0 Å². The Morgan fingerprint density at radius 2 is 1.88 bits per heavy atom. The van der Waals surface area contributed by atoms with E-state index in [2.05, 4.69) is 37.0 Å². The minimum atomic E-state index is 0.0390. The first-order valence-electron chi connectivity index (χ1n) is 11.4. The summed E-state index contributed by atoms with van der Waals surface area (Å²) in [4.78, 5) is 18.6. The first kappa shape index (κ1) is 22.6. The molecule has 1 aliphatic heterocycles. The van der Waals surface area contributed by atoms with Crippen LogP contribution in [0.1, 0.15) is 35.1 Å². The molecule has 1 aliphatic rings. The van der Waals surface area contributed by atoms with Gasteiger partial charge in [0.25, 0.3) is 0 Å². The Morgan fingerprint density at radius 3 is 2.61 bits per heavy atom. The quantitative estimate of drug-likeness (QED) is 0.462. The minimum Gasteiger partial charge on any atom is -0.490 e. The molecule has 0 spiro atoms. The molecule has 0 radical (unpaired) electrons. The highest BCUT2D eigenvalue weighted by atomic mass is 16.5. The van der Waals surface area contributed by atoms with Crippen molar-refractivity contribution >= 4 is 12.0 Å². The van der Waals surface area contributed by atoms with Gasteiger partial charge in [-0.2, -0.15) is 0 Å². The number of pyridine rings is 1. The van der Waals surface area contributed by atoms with Crippen LogP contribution in [0.3, 0.4) is 0 Å². The number of piperidine rings is 1. The summed E-state index contributed by atoms with van der Waals surface area (Å²) in [6.45, 7) is 6.03. The second-order valence-electron chi connectivity index (χ2n) is 8.46. The first-order chi connectivity index (χ1) is 16.1. The fourth-order valence-corrected chi connectivity index (χ4v) is 3.81. The van der Waals surface area contributed by atoms with E-state index in [1.807, 2.05) is 47.4 Å². The topological polar surface area (TPSA) is 51.7 Å². The number of benzene rings is 2. The Hall–Kier alpha value is -3.60. The van der Waals surface area contributed by atoms with Gasteiger partial charge in [0.05, 0.1) is 0 Å². The molecule has 5 nitrogen and oxygen atoms in total. The molecular formula is C28H30N2O3. The predicted octanol–water partition coefficient (Wildman–Crippen LogP) is 5.36. The Labute approximate surface area is 195 Å². The Morgan fingerprint density at radius 1 is 1.09 bits per heavy atom. The van der Waals surface area contributed by atoms with Gasteiger partial charge in [0.1, 0.15) is 24.2 Å². The van der Waals surface area contributed by atoms with Gasteiger partial charge in [-0.05, 0) is 60.9 Å². The summed E-state index contributed by atoms with van der Waals surface area (Å²) < 4.78 is 12.0. The van der Waals surface area contributed by atoms with Crippen molar-refractivity contribution in [2.45, 2.75) is 39.4 Å². The van der Waals surface area contributed by atoms with Crippen LogP contribution >= 0.6 is 0 Å². The van der Waals surface area contributed by atoms with Crippen LogP contribution < -0.4 is 9.47 Å². The van der Waals surface area contributed by atoms with Gasteiger partial charge in [-0.15, -0.1) is 0 Å². The molecule has 4 rings (SSSR count). The van der Waals surface area contributed by atoms with Crippen LogP contribution in [0.5, 0.6) is 11.5 Å². The zero-order valence-corrected chi connectivity index (χ0v) is 19.2. The summed E-state index contributed by atoms with van der Waals surface area (Å²) in [6.07, 6.45) is 8.88. The predicted molar refractivity (Wildman–Crippen MR) is 130 cm³/mol. The van der Waals surface area contributed by atoms with Crippen LogP contribution in [-0.2, 0) is 11.4 Å². The monoisotopic (exact) mass is 442 g/mol. The van der Waals surface area contributed by atoms with E-state index in [4.69, 9.17) is 9.47 Å². The maximum Gasteiger partial charge on any atom is 0.246 e. The standard InChI is InChI=1S/C28H30N2O3/c1-21-5-6-22(2)27(18-21)33-26-13-16-30(17-14-26)28(31)12-9-23-7-10-25(11-8-23)32-20-24-4-3-15-29-19-24/h3-12,15,18-19,26H,13-14,16-17,20H2,1-2H3. The summed E-state index contributed by atoms with van der Waals surface area (Å²) >= 11 is 0. The van der Waals surface area contributed by atoms with Crippen LogP contribution in [0.25, 0.3) is 6.08 Å². The maximum atomic E-state index is 12.6. The van der Waals surface area contributed by atoms with Gasteiger partial charge < -0.3 is 14.4 Å². The Kier molecular flexibility index (Phi) is 7.40. The number of amides is 1. The van der Waals surface area contributed by atoms with Gasteiger partial charge >= 0.3 is 0 Å². The van der Waals surface area contributed by atoms with E-state index in [9.17, 15) is 4.79 Å². The van der Waals surface area contributed by atoms with Crippen molar-refractivity contribution in [2.75, 3.05) is 13.1 Å². The average Bonchev–Trinajstić information content (AvgIpc) is 2.85. The molecule has 3 aromatic rings. The number of carbonyl (C=O) groups excluding carboxylic acids is 1. The maximum absolute atomic E-state index is 12.6. The molecule has 0 aliphatic carbocycles. The molecule has 0 unspecified atom stereocenters. The van der Waals surface area contributed by atoms with Crippen molar-refractivity contribution in [2.24, 2.45) is 0 Å². The van der Waals surface area contributed by atoms with E-state index in [1.165, 1.54) is 5.56 Å². The molecule has 0 saturated carbocycles. The molecule has 1 amide bonds. The second kappa shape index (κ2) is 10.8. The molecule has 2 aromatic carbocycles. The average molecular weight is 443 g/mol. The molecular weight excluding hydrogens is 412 g/mol. The normalized spacial score (nSPS) is 14.4. The first-order valence-corrected chi connectivity index (χ1v) is 11.4. The van der Waals surface area contributed by atoms with Gasteiger partial charge in [-0.25, -0.2) is 0 Å². The Bertz CT molecular complexity index is 1090. The lowest BCUT2D eigenvalue weighted by Gasteiger charge is -2.32. The number of hydrogen-bond donors (Lipinski definition) is 0. The largest absolute Gasteiger partial charge is 0.490 e. The van der Waals surface area contributed by atoms with Crippen LogP contribution in [0.4, 0.5) is 0 Å². The number of likely N-dealkylation sites (tertiary alicyclic amines) is 1. The minimum absolute atomic E-state index is 0.0390. The van der Waals surface area contributed by atoms with E-state index >= 15 is 0 Å². The van der Waals surface area contributed by atoms with E-state index in [0.717, 1.165) is 41.0 Å².